The van der Waals surface area contributed by atoms with Crippen LogP contribution in [0, 0.1) is 17.1 Å². The van der Waals surface area contributed by atoms with Gasteiger partial charge in [0, 0.05) is 11.6 Å². The van der Waals surface area contributed by atoms with Crippen molar-refractivity contribution >= 4 is 6.29 Å². The first kappa shape index (κ1) is 11.7. The van der Waals surface area contributed by atoms with Gasteiger partial charge in [-0.05, 0) is 18.2 Å². The highest BCUT2D eigenvalue weighted by Gasteiger charge is 2.06. The van der Waals surface area contributed by atoms with Crippen LogP contribution in [0.4, 0.5) is 4.39 Å². The molecule has 0 N–H and O–H groups in total. The first-order valence-electron chi connectivity index (χ1n) is 5.00. The maximum Gasteiger partial charge on any atom is 0.150 e. The number of aldehydes is 1. The van der Waals surface area contributed by atoms with Crippen molar-refractivity contribution in [2.24, 2.45) is 0 Å². The van der Waals surface area contributed by atoms with E-state index in [4.69, 9.17) is 10.00 Å². The zero-order valence-corrected chi connectivity index (χ0v) is 9.13. The number of ether oxygens (including phenoxy) is 1. The molecule has 0 aliphatic carbocycles. The molecule has 0 radical (unpaired) electrons. The Morgan fingerprint density at radius 3 is 2.83 bits per heavy atom. The second kappa shape index (κ2) is 5.06. The van der Waals surface area contributed by atoms with E-state index in [0.29, 0.717) is 11.8 Å². The van der Waals surface area contributed by atoms with Crippen molar-refractivity contribution in [1.29, 1.82) is 5.26 Å². The average molecular weight is 242 g/mol. The third kappa shape index (κ3) is 2.50. The number of aromatic nitrogens is 1. The molecule has 2 aromatic rings. The Hall–Kier alpha value is -2.74. The zero-order chi connectivity index (χ0) is 13.0. The molecule has 18 heavy (non-hydrogen) atoms. The summed E-state index contributed by atoms with van der Waals surface area (Å²) in [7, 11) is 0. The molecule has 0 bridgehead atoms. The molecule has 0 atom stereocenters. The Bertz CT molecular complexity index is 635. The van der Waals surface area contributed by atoms with E-state index in [-0.39, 0.29) is 17.1 Å². The lowest BCUT2D eigenvalue weighted by Gasteiger charge is -2.07. The second-order valence-electron chi connectivity index (χ2n) is 3.43. The fourth-order valence-corrected chi connectivity index (χ4v) is 1.37. The summed E-state index contributed by atoms with van der Waals surface area (Å²) < 4.78 is 18.3. The average Bonchev–Trinajstić information content (AvgIpc) is 2.39. The van der Waals surface area contributed by atoms with Crippen LogP contribution < -0.4 is 4.74 Å². The minimum absolute atomic E-state index is 0.186. The van der Waals surface area contributed by atoms with E-state index in [1.807, 2.05) is 6.07 Å². The lowest BCUT2D eigenvalue weighted by Crippen LogP contribution is -1.91. The van der Waals surface area contributed by atoms with Crippen LogP contribution in [0.15, 0.2) is 36.7 Å². The Balaban J connectivity index is 2.35. The van der Waals surface area contributed by atoms with Gasteiger partial charge in [0.2, 0.25) is 0 Å². The maximum absolute atomic E-state index is 12.9. The number of carbonyl (C=O) groups excluding carboxylic acids is 1. The van der Waals surface area contributed by atoms with Crippen molar-refractivity contribution in [2.75, 3.05) is 0 Å². The SMILES string of the molecule is N#Cc1cc(C=O)ccc1Oc1cncc(F)c1. The monoisotopic (exact) mass is 242 g/mol. The van der Waals surface area contributed by atoms with Crippen LogP contribution in [0.3, 0.4) is 0 Å². The van der Waals surface area contributed by atoms with Crippen molar-refractivity contribution < 1.29 is 13.9 Å². The molecule has 4 nitrogen and oxygen atoms in total. The number of rotatable bonds is 3. The highest BCUT2D eigenvalue weighted by molar-refractivity contribution is 5.76. The first-order chi connectivity index (χ1) is 8.72. The molecule has 1 aromatic heterocycles. The summed E-state index contributed by atoms with van der Waals surface area (Å²) in [6.07, 6.45) is 3.01. The lowest BCUT2D eigenvalue weighted by molar-refractivity contribution is 0.112. The Kier molecular flexibility index (Phi) is 3.30. The number of carbonyl (C=O) groups is 1. The fourth-order valence-electron chi connectivity index (χ4n) is 1.37. The number of halogens is 1. The van der Waals surface area contributed by atoms with Gasteiger partial charge in [0.15, 0.2) is 0 Å². The number of nitrogens with zero attached hydrogens (tertiary/aromatic N) is 2. The number of pyridine rings is 1. The molecule has 0 spiro atoms. The predicted octanol–water partition coefficient (Wildman–Crippen LogP) is 2.70. The standard InChI is InChI=1S/C13H7FN2O2/c14-11-4-12(7-16-6-11)18-13-2-1-9(8-17)3-10(13)5-15/h1-4,6-8H. The van der Waals surface area contributed by atoms with Gasteiger partial charge in [0.05, 0.1) is 18.0 Å². The smallest absolute Gasteiger partial charge is 0.150 e. The van der Waals surface area contributed by atoms with Crippen LogP contribution in [0.2, 0.25) is 0 Å². The van der Waals surface area contributed by atoms with Crippen LogP contribution in [0.25, 0.3) is 0 Å². The largest absolute Gasteiger partial charge is 0.454 e. The van der Waals surface area contributed by atoms with Crippen molar-refractivity contribution in [2.45, 2.75) is 0 Å². The van der Waals surface area contributed by atoms with Gasteiger partial charge in [-0.3, -0.25) is 9.78 Å². The number of hydrogen-bond donors (Lipinski definition) is 0. The molecule has 1 aromatic carbocycles. The van der Waals surface area contributed by atoms with Crippen molar-refractivity contribution in [3.05, 3.63) is 53.6 Å². The molecule has 2 rings (SSSR count). The van der Waals surface area contributed by atoms with Gasteiger partial charge in [-0.25, -0.2) is 4.39 Å². The predicted molar refractivity (Wildman–Crippen MR) is 60.8 cm³/mol. The summed E-state index contributed by atoms with van der Waals surface area (Å²) in [5, 5.41) is 8.94. The molecule has 0 unspecified atom stereocenters. The number of hydrogen-bond acceptors (Lipinski definition) is 4. The Labute approximate surface area is 102 Å². The van der Waals surface area contributed by atoms with Crippen molar-refractivity contribution in [3.63, 3.8) is 0 Å². The van der Waals surface area contributed by atoms with E-state index < -0.39 is 5.82 Å². The van der Waals surface area contributed by atoms with E-state index in [1.54, 1.807) is 0 Å². The van der Waals surface area contributed by atoms with Crippen LogP contribution in [0.5, 0.6) is 11.5 Å². The van der Waals surface area contributed by atoms with E-state index in [0.717, 1.165) is 12.3 Å². The molecule has 88 valence electrons. The van der Waals surface area contributed by atoms with Gasteiger partial charge in [0.25, 0.3) is 0 Å². The normalized spacial score (nSPS) is 9.56. The first-order valence-corrected chi connectivity index (χ1v) is 5.00. The maximum atomic E-state index is 12.9. The van der Waals surface area contributed by atoms with E-state index in [9.17, 15) is 9.18 Å². The molecule has 0 saturated carbocycles. The van der Waals surface area contributed by atoms with Crippen molar-refractivity contribution in [1.82, 2.24) is 4.98 Å². The molecular formula is C13H7FN2O2. The third-order valence-electron chi connectivity index (χ3n) is 2.17. The molecule has 1 heterocycles. The summed E-state index contributed by atoms with van der Waals surface area (Å²) in [4.78, 5) is 14.2. The van der Waals surface area contributed by atoms with Gasteiger partial charge >= 0.3 is 0 Å². The number of benzene rings is 1. The van der Waals surface area contributed by atoms with Crippen molar-refractivity contribution in [3.8, 4) is 17.6 Å². The quantitative estimate of drug-likeness (QED) is 0.776. The highest BCUT2D eigenvalue weighted by Crippen LogP contribution is 2.25. The van der Waals surface area contributed by atoms with E-state index >= 15 is 0 Å². The van der Waals surface area contributed by atoms with Crippen LogP contribution in [-0.2, 0) is 0 Å². The molecule has 0 saturated heterocycles. The van der Waals surface area contributed by atoms with Gasteiger partial charge in [-0.15, -0.1) is 0 Å². The van der Waals surface area contributed by atoms with Gasteiger partial charge in [-0.1, -0.05) is 0 Å². The summed E-state index contributed by atoms with van der Waals surface area (Å²) in [5.74, 6) is -0.101. The van der Waals surface area contributed by atoms with Gasteiger partial charge in [0.1, 0.15) is 29.7 Å². The van der Waals surface area contributed by atoms with Crippen LogP contribution in [-0.4, -0.2) is 11.3 Å². The van der Waals surface area contributed by atoms with E-state index in [2.05, 4.69) is 4.98 Å². The van der Waals surface area contributed by atoms with Gasteiger partial charge < -0.3 is 4.74 Å². The fraction of sp³-hybridized carbons (Fsp3) is 0. The third-order valence-corrected chi connectivity index (χ3v) is 2.17. The van der Waals surface area contributed by atoms with Crippen LogP contribution >= 0.6 is 0 Å². The minimum Gasteiger partial charge on any atom is -0.454 e. The topological polar surface area (TPSA) is 63.0 Å². The summed E-state index contributed by atoms with van der Waals surface area (Å²) in [5.41, 5.74) is 0.570. The summed E-state index contributed by atoms with van der Waals surface area (Å²) >= 11 is 0. The molecule has 0 fully saturated rings. The Morgan fingerprint density at radius 1 is 1.33 bits per heavy atom. The molecule has 5 heteroatoms. The molecule has 0 amide bonds. The molecule has 0 aliphatic heterocycles. The van der Waals surface area contributed by atoms with Crippen LogP contribution in [0.1, 0.15) is 15.9 Å². The summed E-state index contributed by atoms with van der Waals surface area (Å²) in [6.45, 7) is 0. The Morgan fingerprint density at radius 2 is 2.17 bits per heavy atom. The lowest BCUT2D eigenvalue weighted by atomic mass is 10.1. The number of nitriles is 1. The molecular weight excluding hydrogens is 235 g/mol. The van der Waals surface area contributed by atoms with Gasteiger partial charge in [-0.2, -0.15) is 5.26 Å². The molecule has 0 aliphatic rings. The highest BCUT2D eigenvalue weighted by atomic mass is 19.1. The minimum atomic E-state index is -0.532. The van der Waals surface area contributed by atoms with E-state index in [1.165, 1.54) is 24.4 Å². The summed E-state index contributed by atoms with van der Waals surface area (Å²) in [6, 6.07) is 7.45. The zero-order valence-electron chi connectivity index (χ0n) is 9.13. The second-order valence-corrected chi connectivity index (χ2v) is 3.43.